The largest absolute Gasteiger partial charge is 0.313 e. The van der Waals surface area contributed by atoms with Crippen LogP contribution < -0.4 is 5.32 Å². The second-order valence-corrected chi connectivity index (χ2v) is 10.5. The molecule has 0 aromatic carbocycles. The smallest absolute Gasteiger partial charge is 0.0297 e. The summed E-state index contributed by atoms with van der Waals surface area (Å²) in [4.78, 5) is 0. The quantitative estimate of drug-likeness (QED) is 0.758. The molecule has 0 aromatic heterocycles. The van der Waals surface area contributed by atoms with Gasteiger partial charge in [-0.25, -0.2) is 0 Å². The molecule has 0 spiro atoms. The van der Waals surface area contributed by atoms with Crippen molar-refractivity contribution in [1.29, 1.82) is 0 Å². The highest BCUT2D eigenvalue weighted by Gasteiger charge is 2.37. The number of hydrogen-bond acceptors (Lipinski definition) is 3. The van der Waals surface area contributed by atoms with Gasteiger partial charge in [-0.2, -0.15) is 23.5 Å². The van der Waals surface area contributed by atoms with E-state index in [2.05, 4.69) is 63.5 Å². The van der Waals surface area contributed by atoms with Crippen molar-refractivity contribution in [2.75, 3.05) is 12.3 Å². The van der Waals surface area contributed by atoms with Gasteiger partial charge in [0.15, 0.2) is 0 Å². The summed E-state index contributed by atoms with van der Waals surface area (Å²) in [5, 5.41) is 6.39. The molecular weight excluding hydrogens is 294 g/mol. The van der Waals surface area contributed by atoms with Crippen LogP contribution in [0.1, 0.15) is 60.3 Å². The van der Waals surface area contributed by atoms with Crippen LogP contribution in [-0.4, -0.2) is 34.1 Å². The second kappa shape index (κ2) is 8.49. The number of nitrogens with one attached hydrogen (secondary N) is 1. The van der Waals surface area contributed by atoms with E-state index in [0.29, 0.717) is 0 Å². The average molecular weight is 330 g/mol. The lowest BCUT2D eigenvalue weighted by Crippen LogP contribution is -2.49. The van der Waals surface area contributed by atoms with Crippen molar-refractivity contribution in [3.8, 4) is 0 Å². The fraction of sp³-hybridized carbons (Fsp3) is 1.00. The fourth-order valence-electron chi connectivity index (χ4n) is 3.82. The van der Waals surface area contributed by atoms with E-state index in [4.69, 9.17) is 0 Å². The van der Waals surface area contributed by atoms with Crippen LogP contribution in [0.25, 0.3) is 0 Å². The molecule has 2 fully saturated rings. The van der Waals surface area contributed by atoms with E-state index in [9.17, 15) is 0 Å². The standard InChI is InChI=1S/C18H35NS2/c1-6-9-19-18(16-8-7-12(2)13(3)10-16)17-11-20-14(4)15(5)21-17/h12-19H,6-11H2,1-5H3. The first kappa shape index (κ1) is 18.0. The summed E-state index contributed by atoms with van der Waals surface area (Å²) in [5.74, 6) is 4.09. The van der Waals surface area contributed by atoms with Crippen molar-refractivity contribution in [1.82, 2.24) is 5.32 Å². The lowest BCUT2D eigenvalue weighted by Gasteiger charge is -2.43. The molecule has 1 N–H and O–H groups in total. The second-order valence-electron chi connectivity index (χ2n) is 7.43. The SMILES string of the molecule is CCCNC(C1CCC(C)C(C)C1)C1CSC(C)C(C)S1. The monoisotopic (exact) mass is 329 g/mol. The van der Waals surface area contributed by atoms with Gasteiger partial charge in [0.05, 0.1) is 0 Å². The first-order valence-corrected chi connectivity index (χ1v) is 11.0. The molecule has 0 amide bonds. The third-order valence-electron chi connectivity index (χ3n) is 5.75. The minimum Gasteiger partial charge on any atom is -0.313 e. The van der Waals surface area contributed by atoms with E-state index in [0.717, 1.165) is 39.5 Å². The molecule has 7 atom stereocenters. The molecule has 1 heterocycles. The molecule has 1 aliphatic heterocycles. The Kier molecular flexibility index (Phi) is 7.28. The van der Waals surface area contributed by atoms with Crippen molar-refractivity contribution in [2.45, 2.75) is 82.1 Å². The zero-order valence-corrected chi connectivity index (χ0v) is 16.2. The van der Waals surface area contributed by atoms with Gasteiger partial charge in [0.2, 0.25) is 0 Å². The van der Waals surface area contributed by atoms with E-state index < -0.39 is 0 Å². The van der Waals surface area contributed by atoms with Crippen molar-refractivity contribution in [2.24, 2.45) is 17.8 Å². The van der Waals surface area contributed by atoms with Crippen LogP contribution in [0.15, 0.2) is 0 Å². The van der Waals surface area contributed by atoms with E-state index in [-0.39, 0.29) is 0 Å². The van der Waals surface area contributed by atoms with Gasteiger partial charge in [0.25, 0.3) is 0 Å². The topological polar surface area (TPSA) is 12.0 Å². The molecule has 21 heavy (non-hydrogen) atoms. The van der Waals surface area contributed by atoms with E-state index in [1.54, 1.807) is 0 Å². The lowest BCUT2D eigenvalue weighted by atomic mass is 9.72. The van der Waals surface area contributed by atoms with Crippen LogP contribution in [0.2, 0.25) is 0 Å². The maximum Gasteiger partial charge on any atom is 0.0297 e. The minimum atomic E-state index is 0.743. The molecule has 0 aromatic rings. The molecule has 0 radical (unpaired) electrons. The van der Waals surface area contributed by atoms with Crippen molar-refractivity contribution in [3.05, 3.63) is 0 Å². The highest BCUT2D eigenvalue weighted by Crippen LogP contribution is 2.42. The summed E-state index contributed by atoms with van der Waals surface area (Å²) >= 11 is 4.47. The zero-order valence-electron chi connectivity index (χ0n) is 14.6. The highest BCUT2D eigenvalue weighted by molar-refractivity contribution is 8.07. The maximum absolute atomic E-state index is 3.95. The van der Waals surface area contributed by atoms with Crippen molar-refractivity contribution >= 4 is 23.5 Å². The molecule has 3 heteroatoms. The number of rotatable bonds is 5. The maximum atomic E-state index is 3.95. The summed E-state index contributed by atoms with van der Waals surface area (Å²) in [6.07, 6.45) is 5.57. The summed E-state index contributed by atoms with van der Waals surface area (Å²) in [6.45, 7) is 13.2. The molecule has 124 valence electrons. The normalized spacial score (nSPS) is 42.7. The molecule has 2 aliphatic rings. The van der Waals surface area contributed by atoms with Gasteiger partial charge in [0, 0.05) is 27.5 Å². The van der Waals surface area contributed by atoms with Gasteiger partial charge in [-0.3, -0.25) is 0 Å². The Labute approximate surface area is 141 Å². The molecule has 7 unspecified atom stereocenters. The van der Waals surface area contributed by atoms with E-state index in [1.165, 1.54) is 38.0 Å². The summed E-state index contributed by atoms with van der Waals surface area (Å²) in [6, 6.07) is 0.743. The first-order valence-electron chi connectivity index (χ1n) is 9.03. The molecular formula is C18H35NS2. The Morgan fingerprint density at radius 1 is 1.05 bits per heavy atom. The average Bonchev–Trinajstić information content (AvgIpc) is 2.46. The Bertz CT molecular complexity index is 284. The van der Waals surface area contributed by atoms with Crippen LogP contribution in [-0.2, 0) is 0 Å². The Morgan fingerprint density at radius 3 is 2.43 bits per heavy atom. The molecule has 2 rings (SSSR count). The van der Waals surface area contributed by atoms with Gasteiger partial charge in [-0.05, 0) is 43.6 Å². The number of thioether (sulfide) groups is 2. The van der Waals surface area contributed by atoms with Gasteiger partial charge >= 0.3 is 0 Å². The molecule has 1 saturated carbocycles. The van der Waals surface area contributed by atoms with Crippen LogP contribution in [0, 0.1) is 17.8 Å². The highest BCUT2D eigenvalue weighted by atomic mass is 32.2. The van der Waals surface area contributed by atoms with Crippen LogP contribution in [0.3, 0.4) is 0 Å². The third-order valence-corrected chi connectivity index (χ3v) is 9.27. The van der Waals surface area contributed by atoms with Crippen LogP contribution in [0.4, 0.5) is 0 Å². The Balaban J connectivity index is 2.00. The Hall–Kier alpha value is 0.660. The van der Waals surface area contributed by atoms with Crippen LogP contribution in [0.5, 0.6) is 0 Å². The first-order chi connectivity index (χ1) is 10.0. The molecule has 0 bridgehead atoms. The lowest BCUT2D eigenvalue weighted by molar-refractivity contribution is 0.170. The van der Waals surface area contributed by atoms with Crippen molar-refractivity contribution < 1.29 is 0 Å². The fourth-order valence-corrected chi connectivity index (χ4v) is 7.03. The summed E-state index contributed by atoms with van der Waals surface area (Å²) in [5.41, 5.74) is 0. The summed E-state index contributed by atoms with van der Waals surface area (Å²) in [7, 11) is 0. The molecule has 1 aliphatic carbocycles. The van der Waals surface area contributed by atoms with E-state index in [1.807, 2.05) is 0 Å². The number of hydrogen-bond donors (Lipinski definition) is 1. The van der Waals surface area contributed by atoms with Gasteiger partial charge in [0.1, 0.15) is 0 Å². The molecule has 1 nitrogen and oxygen atoms in total. The zero-order chi connectivity index (χ0) is 15.4. The van der Waals surface area contributed by atoms with E-state index >= 15 is 0 Å². The van der Waals surface area contributed by atoms with Gasteiger partial charge in [-0.15, -0.1) is 0 Å². The molecule has 1 saturated heterocycles. The van der Waals surface area contributed by atoms with Gasteiger partial charge < -0.3 is 5.32 Å². The predicted octanol–water partition coefficient (Wildman–Crippen LogP) is 5.05. The summed E-state index contributed by atoms with van der Waals surface area (Å²) < 4.78 is 0. The van der Waals surface area contributed by atoms with Crippen molar-refractivity contribution in [3.63, 3.8) is 0 Å². The van der Waals surface area contributed by atoms with Crippen LogP contribution >= 0.6 is 23.5 Å². The Morgan fingerprint density at radius 2 is 1.81 bits per heavy atom. The minimum absolute atomic E-state index is 0.743. The third kappa shape index (κ3) is 4.81. The van der Waals surface area contributed by atoms with Gasteiger partial charge in [-0.1, -0.05) is 41.0 Å². The predicted molar refractivity (Wildman–Crippen MR) is 101 cm³/mol.